The molecule has 52 valence electrons. The smallest absolute Gasteiger partial charge is 0.0754 e. The van der Waals surface area contributed by atoms with Crippen molar-refractivity contribution in [2.24, 2.45) is 0 Å². The molecule has 0 aromatic heterocycles. The lowest BCUT2D eigenvalue weighted by Crippen LogP contribution is -2.07. The third-order valence-electron chi connectivity index (χ3n) is 1.09. The maximum Gasteiger partial charge on any atom is 0.0754 e. The first-order valence-corrected chi connectivity index (χ1v) is 3.20. The van der Waals surface area contributed by atoms with Gasteiger partial charge in [0.2, 0.25) is 0 Å². The Balaban J connectivity index is 3.30. The second-order valence-corrected chi connectivity index (χ2v) is 1.80. The molecule has 0 spiro atoms. The SMILES string of the molecule is C=CCOC(C=C)CC. The van der Waals surface area contributed by atoms with Crippen LogP contribution in [0.1, 0.15) is 13.3 Å². The predicted octanol–water partition coefficient (Wildman–Crippen LogP) is 2.15. The maximum absolute atomic E-state index is 5.25. The van der Waals surface area contributed by atoms with Gasteiger partial charge in [-0.25, -0.2) is 0 Å². The van der Waals surface area contributed by atoms with Crippen LogP contribution in [0.3, 0.4) is 0 Å². The molecule has 1 unspecified atom stereocenters. The molecule has 0 amide bonds. The van der Waals surface area contributed by atoms with Crippen molar-refractivity contribution in [1.82, 2.24) is 0 Å². The molecule has 1 nitrogen and oxygen atoms in total. The number of hydrogen-bond acceptors (Lipinski definition) is 1. The third kappa shape index (κ3) is 3.98. The highest BCUT2D eigenvalue weighted by Gasteiger charge is 1.96. The van der Waals surface area contributed by atoms with Crippen LogP contribution < -0.4 is 0 Å². The van der Waals surface area contributed by atoms with E-state index in [9.17, 15) is 0 Å². The fourth-order valence-electron chi connectivity index (χ4n) is 0.544. The van der Waals surface area contributed by atoms with Gasteiger partial charge in [0.1, 0.15) is 0 Å². The van der Waals surface area contributed by atoms with Crippen molar-refractivity contribution < 1.29 is 4.74 Å². The first kappa shape index (κ1) is 8.44. The normalized spacial score (nSPS) is 12.6. The van der Waals surface area contributed by atoms with Crippen LogP contribution in [0, 0.1) is 0 Å². The van der Waals surface area contributed by atoms with Gasteiger partial charge >= 0.3 is 0 Å². The molecule has 0 saturated heterocycles. The van der Waals surface area contributed by atoms with Crippen LogP contribution in [0.5, 0.6) is 0 Å². The summed E-state index contributed by atoms with van der Waals surface area (Å²) >= 11 is 0. The van der Waals surface area contributed by atoms with Crippen molar-refractivity contribution in [3.63, 3.8) is 0 Å². The molecule has 0 aliphatic heterocycles. The highest BCUT2D eigenvalue weighted by Crippen LogP contribution is 1.97. The molecule has 1 heteroatoms. The molecule has 1 atom stereocenters. The highest BCUT2D eigenvalue weighted by atomic mass is 16.5. The van der Waals surface area contributed by atoms with Gasteiger partial charge in [-0.3, -0.25) is 0 Å². The van der Waals surface area contributed by atoms with Crippen molar-refractivity contribution in [2.45, 2.75) is 19.4 Å². The van der Waals surface area contributed by atoms with Crippen LogP contribution in [0.25, 0.3) is 0 Å². The summed E-state index contributed by atoms with van der Waals surface area (Å²) in [5, 5.41) is 0. The lowest BCUT2D eigenvalue weighted by molar-refractivity contribution is 0.107. The molecule has 0 aliphatic carbocycles. The van der Waals surface area contributed by atoms with Crippen molar-refractivity contribution in [2.75, 3.05) is 6.61 Å². The Bertz CT molecular complexity index is 86.6. The standard InChI is InChI=1S/C8H14O/c1-4-7-9-8(5-2)6-3/h4-5,8H,1-2,6-7H2,3H3. The Labute approximate surface area is 57.0 Å². The topological polar surface area (TPSA) is 9.23 Å². The second-order valence-electron chi connectivity index (χ2n) is 1.80. The van der Waals surface area contributed by atoms with Crippen molar-refractivity contribution in [1.29, 1.82) is 0 Å². The average Bonchev–Trinajstić information content (AvgIpc) is 1.91. The molecule has 0 aromatic rings. The first-order chi connectivity index (χ1) is 4.35. The van der Waals surface area contributed by atoms with Gasteiger partial charge in [0.05, 0.1) is 12.7 Å². The van der Waals surface area contributed by atoms with Crippen molar-refractivity contribution >= 4 is 0 Å². The van der Waals surface area contributed by atoms with Crippen LogP contribution in [-0.2, 0) is 4.74 Å². The van der Waals surface area contributed by atoms with Gasteiger partial charge in [0, 0.05) is 0 Å². The Hall–Kier alpha value is -0.560. The van der Waals surface area contributed by atoms with Crippen molar-refractivity contribution in [3.8, 4) is 0 Å². The number of rotatable bonds is 5. The molecule has 0 radical (unpaired) electrons. The predicted molar refractivity (Wildman–Crippen MR) is 40.4 cm³/mol. The molecular weight excluding hydrogens is 112 g/mol. The van der Waals surface area contributed by atoms with Gasteiger partial charge < -0.3 is 4.74 Å². The van der Waals surface area contributed by atoms with Gasteiger partial charge in [-0.1, -0.05) is 19.1 Å². The van der Waals surface area contributed by atoms with E-state index >= 15 is 0 Å². The van der Waals surface area contributed by atoms with Gasteiger partial charge in [0.25, 0.3) is 0 Å². The minimum atomic E-state index is 0.197. The first-order valence-electron chi connectivity index (χ1n) is 3.20. The molecule has 0 aromatic carbocycles. The second kappa shape index (κ2) is 5.57. The maximum atomic E-state index is 5.25. The van der Waals surface area contributed by atoms with E-state index in [-0.39, 0.29) is 6.10 Å². The Morgan fingerprint density at radius 2 is 2.22 bits per heavy atom. The monoisotopic (exact) mass is 126 g/mol. The van der Waals surface area contributed by atoms with E-state index in [1.165, 1.54) is 0 Å². The molecular formula is C8H14O. The summed E-state index contributed by atoms with van der Waals surface area (Å²) in [4.78, 5) is 0. The molecule has 0 rings (SSSR count). The number of ether oxygens (including phenoxy) is 1. The van der Waals surface area contributed by atoms with Crippen LogP contribution >= 0.6 is 0 Å². The fourth-order valence-corrected chi connectivity index (χ4v) is 0.544. The molecule has 0 heterocycles. The average molecular weight is 126 g/mol. The van der Waals surface area contributed by atoms with Crippen LogP contribution in [-0.4, -0.2) is 12.7 Å². The zero-order chi connectivity index (χ0) is 7.11. The largest absolute Gasteiger partial charge is 0.370 e. The number of hydrogen-bond donors (Lipinski definition) is 0. The Morgan fingerprint density at radius 1 is 1.56 bits per heavy atom. The lowest BCUT2D eigenvalue weighted by atomic mass is 10.3. The molecule has 0 fully saturated rings. The summed E-state index contributed by atoms with van der Waals surface area (Å²) in [5.74, 6) is 0. The highest BCUT2D eigenvalue weighted by molar-refractivity contribution is 4.79. The molecule has 0 saturated carbocycles. The van der Waals surface area contributed by atoms with E-state index in [1.54, 1.807) is 6.08 Å². The molecule has 0 aliphatic rings. The van der Waals surface area contributed by atoms with E-state index in [1.807, 2.05) is 6.08 Å². The minimum Gasteiger partial charge on any atom is -0.370 e. The van der Waals surface area contributed by atoms with E-state index in [0.717, 1.165) is 6.42 Å². The molecule has 0 N–H and O–H groups in total. The van der Waals surface area contributed by atoms with Gasteiger partial charge in [-0.05, 0) is 6.42 Å². The van der Waals surface area contributed by atoms with E-state index in [2.05, 4.69) is 20.1 Å². The summed E-state index contributed by atoms with van der Waals surface area (Å²) in [6.07, 6.45) is 4.73. The van der Waals surface area contributed by atoms with E-state index in [0.29, 0.717) is 6.61 Å². The van der Waals surface area contributed by atoms with E-state index in [4.69, 9.17) is 4.74 Å². The van der Waals surface area contributed by atoms with Crippen LogP contribution in [0.2, 0.25) is 0 Å². The molecule has 0 bridgehead atoms. The van der Waals surface area contributed by atoms with Gasteiger partial charge in [0.15, 0.2) is 0 Å². The van der Waals surface area contributed by atoms with Crippen molar-refractivity contribution in [3.05, 3.63) is 25.3 Å². The summed E-state index contributed by atoms with van der Waals surface area (Å²) in [6.45, 7) is 9.85. The van der Waals surface area contributed by atoms with E-state index < -0.39 is 0 Å². The zero-order valence-corrected chi connectivity index (χ0v) is 5.97. The summed E-state index contributed by atoms with van der Waals surface area (Å²) < 4.78 is 5.25. The molecule has 9 heavy (non-hydrogen) atoms. The lowest BCUT2D eigenvalue weighted by Gasteiger charge is -2.07. The van der Waals surface area contributed by atoms with Crippen LogP contribution in [0.15, 0.2) is 25.3 Å². The summed E-state index contributed by atoms with van der Waals surface area (Å²) in [6, 6.07) is 0. The summed E-state index contributed by atoms with van der Waals surface area (Å²) in [5.41, 5.74) is 0. The van der Waals surface area contributed by atoms with Crippen LogP contribution in [0.4, 0.5) is 0 Å². The Morgan fingerprint density at radius 3 is 2.56 bits per heavy atom. The summed E-state index contributed by atoms with van der Waals surface area (Å²) in [7, 11) is 0. The minimum absolute atomic E-state index is 0.197. The van der Waals surface area contributed by atoms with Gasteiger partial charge in [-0.2, -0.15) is 0 Å². The Kier molecular flexibility index (Phi) is 5.23. The quantitative estimate of drug-likeness (QED) is 0.513. The third-order valence-corrected chi connectivity index (χ3v) is 1.09. The fraction of sp³-hybridized carbons (Fsp3) is 0.500. The van der Waals surface area contributed by atoms with Gasteiger partial charge in [-0.15, -0.1) is 13.2 Å². The zero-order valence-electron chi connectivity index (χ0n) is 5.97.